The zero-order valence-electron chi connectivity index (χ0n) is 8.60. The van der Waals surface area contributed by atoms with E-state index in [9.17, 15) is 4.79 Å². The number of rotatable bonds is 2. The molecule has 0 saturated carbocycles. The van der Waals surface area contributed by atoms with Crippen LogP contribution in [0.15, 0.2) is 35.6 Å². The van der Waals surface area contributed by atoms with Gasteiger partial charge in [-0.3, -0.25) is 0 Å². The number of benzene rings is 1. The van der Waals surface area contributed by atoms with Crippen LogP contribution in [0.5, 0.6) is 0 Å². The highest BCUT2D eigenvalue weighted by Gasteiger charge is 2.18. The maximum Gasteiger partial charge on any atom is 0.360 e. The molecule has 2 rings (SSSR count). The number of hydrogen-bond donors (Lipinski definition) is 2. The van der Waals surface area contributed by atoms with E-state index in [-0.39, 0.29) is 5.71 Å². The summed E-state index contributed by atoms with van der Waals surface area (Å²) in [5, 5.41) is 12.6. The summed E-state index contributed by atoms with van der Waals surface area (Å²) < 4.78 is 4.53. The highest BCUT2D eigenvalue weighted by Crippen LogP contribution is 2.18. The summed E-state index contributed by atoms with van der Waals surface area (Å²) in [5.74, 6) is -0.674. The molecule has 1 aromatic carbocycles. The van der Waals surface area contributed by atoms with Crippen LogP contribution in [0.3, 0.4) is 0 Å². The molecular weight excluding hydrogens is 208 g/mol. The average Bonchev–Trinajstić information content (AvgIpc) is 2.74. The van der Waals surface area contributed by atoms with Crippen molar-refractivity contribution >= 4 is 22.6 Å². The van der Waals surface area contributed by atoms with Crippen LogP contribution in [0.25, 0.3) is 10.9 Å². The number of aromatic nitrogens is 1. The number of esters is 1. The normalized spacial score (nSPS) is 11.7. The number of ether oxygens (including phenoxy) is 1. The van der Waals surface area contributed by atoms with E-state index < -0.39 is 5.97 Å². The lowest BCUT2D eigenvalue weighted by atomic mass is 10.1. The maximum absolute atomic E-state index is 11.4. The van der Waals surface area contributed by atoms with E-state index in [0.29, 0.717) is 5.56 Å². The summed E-state index contributed by atoms with van der Waals surface area (Å²) in [6, 6.07) is 7.41. The summed E-state index contributed by atoms with van der Waals surface area (Å²) >= 11 is 0. The number of para-hydroxylation sites is 1. The van der Waals surface area contributed by atoms with Crippen LogP contribution >= 0.6 is 0 Å². The third-order valence-corrected chi connectivity index (χ3v) is 2.32. The van der Waals surface area contributed by atoms with Crippen molar-refractivity contribution in [3.05, 3.63) is 36.0 Å². The molecule has 16 heavy (non-hydrogen) atoms. The van der Waals surface area contributed by atoms with Crippen LogP contribution in [0, 0.1) is 0 Å². The Labute approximate surface area is 91.3 Å². The molecule has 0 bridgehead atoms. The Bertz CT molecular complexity index is 557. The Hall–Kier alpha value is -2.30. The standard InChI is InChI=1S/C11H10N2O3/c1-16-11(14)10(13-15)8-6-12-9-5-3-2-4-7(8)9/h2-6,12,15H,1H3/b13-10+. The van der Waals surface area contributed by atoms with E-state index in [4.69, 9.17) is 5.21 Å². The van der Waals surface area contributed by atoms with Crippen molar-refractivity contribution in [2.75, 3.05) is 7.11 Å². The van der Waals surface area contributed by atoms with Crippen molar-refractivity contribution in [3.8, 4) is 0 Å². The SMILES string of the molecule is COC(=O)/C(=N/O)c1c[nH]c2ccccc12. The van der Waals surface area contributed by atoms with Crippen LogP contribution in [-0.4, -0.2) is 29.0 Å². The number of nitrogens with zero attached hydrogens (tertiary/aromatic N) is 1. The van der Waals surface area contributed by atoms with Gasteiger partial charge in [-0.25, -0.2) is 4.79 Å². The monoisotopic (exact) mass is 218 g/mol. The minimum Gasteiger partial charge on any atom is -0.464 e. The Balaban J connectivity index is 2.59. The number of aromatic amines is 1. The molecule has 0 spiro atoms. The van der Waals surface area contributed by atoms with Crippen molar-refractivity contribution in [2.24, 2.45) is 5.16 Å². The van der Waals surface area contributed by atoms with Crippen LogP contribution in [0.2, 0.25) is 0 Å². The zero-order valence-corrected chi connectivity index (χ0v) is 8.60. The molecule has 0 unspecified atom stereocenters. The smallest absolute Gasteiger partial charge is 0.360 e. The van der Waals surface area contributed by atoms with Gasteiger partial charge < -0.3 is 14.9 Å². The van der Waals surface area contributed by atoms with Crippen LogP contribution in [-0.2, 0) is 9.53 Å². The first kappa shape index (κ1) is 10.2. The molecule has 1 heterocycles. The van der Waals surface area contributed by atoms with E-state index >= 15 is 0 Å². The fourth-order valence-corrected chi connectivity index (χ4v) is 1.57. The van der Waals surface area contributed by atoms with Gasteiger partial charge in [-0.2, -0.15) is 0 Å². The highest BCUT2D eigenvalue weighted by atomic mass is 16.5. The third-order valence-electron chi connectivity index (χ3n) is 2.32. The number of carbonyl (C=O) groups is 1. The number of H-pyrrole nitrogens is 1. The summed E-state index contributed by atoms with van der Waals surface area (Å²) in [7, 11) is 1.24. The molecule has 0 aliphatic carbocycles. The molecule has 0 amide bonds. The Morgan fingerprint density at radius 1 is 1.44 bits per heavy atom. The molecule has 5 heteroatoms. The fraction of sp³-hybridized carbons (Fsp3) is 0.0909. The molecule has 0 radical (unpaired) electrons. The van der Waals surface area contributed by atoms with Gasteiger partial charge in [-0.05, 0) is 6.07 Å². The first-order valence-electron chi connectivity index (χ1n) is 4.64. The minimum absolute atomic E-state index is 0.111. The lowest BCUT2D eigenvalue weighted by Crippen LogP contribution is -2.16. The molecule has 1 aromatic heterocycles. The average molecular weight is 218 g/mol. The van der Waals surface area contributed by atoms with Gasteiger partial charge in [-0.1, -0.05) is 23.4 Å². The Kier molecular flexibility index (Phi) is 2.59. The van der Waals surface area contributed by atoms with Crippen molar-refractivity contribution in [1.82, 2.24) is 4.98 Å². The molecule has 0 aliphatic rings. The van der Waals surface area contributed by atoms with Gasteiger partial charge in [0.05, 0.1) is 7.11 Å². The number of carbonyl (C=O) groups excluding carboxylic acids is 1. The maximum atomic E-state index is 11.4. The molecular formula is C11H10N2O3. The minimum atomic E-state index is -0.674. The molecule has 2 N–H and O–H groups in total. The number of hydrogen-bond acceptors (Lipinski definition) is 4. The second kappa shape index (κ2) is 4.06. The van der Waals surface area contributed by atoms with E-state index in [2.05, 4.69) is 14.9 Å². The van der Waals surface area contributed by atoms with Gasteiger partial charge in [0.1, 0.15) is 0 Å². The van der Waals surface area contributed by atoms with Gasteiger partial charge in [0.15, 0.2) is 5.71 Å². The van der Waals surface area contributed by atoms with Crippen LogP contribution in [0.1, 0.15) is 5.56 Å². The summed E-state index contributed by atoms with van der Waals surface area (Å²) in [6.45, 7) is 0. The Morgan fingerprint density at radius 3 is 2.88 bits per heavy atom. The van der Waals surface area contributed by atoms with Gasteiger partial charge in [0.2, 0.25) is 0 Å². The van der Waals surface area contributed by atoms with E-state index in [1.165, 1.54) is 7.11 Å². The number of methoxy groups -OCH3 is 1. The van der Waals surface area contributed by atoms with Crippen molar-refractivity contribution < 1.29 is 14.7 Å². The first-order valence-corrected chi connectivity index (χ1v) is 4.64. The second-order valence-corrected chi connectivity index (χ2v) is 3.19. The van der Waals surface area contributed by atoms with Crippen LogP contribution < -0.4 is 0 Å². The van der Waals surface area contributed by atoms with Crippen molar-refractivity contribution in [2.45, 2.75) is 0 Å². The third kappa shape index (κ3) is 1.52. The summed E-state index contributed by atoms with van der Waals surface area (Å²) in [5.41, 5.74) is 1.27. The summed E-state index contributed by atoms with van der Waals surface area (Å²) in [4.78, 5) is 14.3. The van der Waals surface area contributed by atoms with Crippen LogP contribution in [0.4, 0.5) is 0 Å². The summed E-state index contributed by atoms with van der Waals surface area (Å²) in [6.07, 6.45) is 1.61. The number of nitrogens with one attached hydrogen (secondary N) is 1. The van der Waals surface area contributed by atoms with Gasteiger partial charge in [0.25, 0.3) is 0 Å². The first-order chi connectivity index (χ1) is 7.77. The lowest BCUT2D eigenvalue weighted by molar-refractivity contribution is -0.132. The largest absolute Gasteiger partial charge is 0.464 e. The van der Waals surface area contributed by atoms with E-state index in [1.807, 2.05) is 24.3 Å². The molecule has 0 fully saturated rings. The zero-order chi connectivity index (χ0) is 11.5. The molecule has 82 valence electrons. The number of fused-ring (bicyclic) bond motifs is 1. The lowest BCUT2D eigenvalue weighted by Gasteiger charge is -2.00. The van der Waals surface area contributed by atoms with E-state index in [0.717, 1.165) is 10.9 Å². The molecule has 0 aliphatic heterocycles. The second-order valence-electron chi connectivity index (χ2n) is 3.19. The van der Waals surface area contributed by atoms with Crippen molar-refractivity contribution in [3.63, 3.8) is 0 Å². The fourth-order valence-electron chi connectivity index (χ4n) is 1.57. The molecule has 0 saturated heterocycles. The highest BCUT2D eigenvalue weighted by molar-refractivity contribution is 6.45. The molecule has 0 atom stereocenters. The predicted molar refractivity (Wildman–Crippen MR) is 58.6 cm³/mol. The topological polar surface area (TPSA) is 74.7 Å². The Morgan fingerprint density at radius 2 is 2.19 bits per heavy atom. The molecule has 2 aromatic rings. The van der Waals surface area contributed by atoms with Gasteiger partial charge >= 0.3 is 5.97 Å². The van der Waals surface area contributed by atoms with Crippen molar-refractivity contribution in [1.29, 1.82) is 0 Å². The van der Waals surface area contributed by atoms with Gasteiger partial charge in [-0.15, -0.1) is 0 Å². The quantitative estimate of drug-likeness (QED) is 0.347. The molecule has 5 nitrogen and oxygen atoms in total. The predicted octanol–water partition coefficient (Wildman–Crippen LogP) is 1.52. The van der Waals surface area contributed by atoms with E-state index in [1.54, 1.807) is 6.20 Å². The number of oxime groups is 1. The van der Waals surface area contributed by atoms with Gasteiger partial charge in [0, 0.05) is 22.7 Å².